The van der Waals surface area contributed by atoms with Crippen molar-refractivity contribution in [3.8, 4) is 0 Å². The van der Waals surface area contributed by atoms with Crippen LogP contribution in [0.4, 0.5) is 0 Å². The van der Waals surface area contributed by atoms with Gasteiger partial charge >= 0.3 is 0 Å². The van der Waals surface area contributed by atoms with Gasteiger partial charge in [-0.15, -0.1) is 0 Å². The highest BCUT2D eigenvalue weighted by atomic mass is 16.7. The molecule has 2 saturated carbocycles. The second-order valence-corrected chi connectivity index (χ2v) is 9.25. The minimum Gasteiger partial charge on any atom is -0.352 e. The van der Waals surface area contributed by atoms with Gasteiger partial charge in [0.05, 0.1) is 13.2 Å². The molecule has 3 aliphatic rings. The zero-order chi connectivity index (χ0) is 18.2. The number of rotatable bonds is 7. The third kappa shape index (κ3) is 5.83. The van der Waals surface area contributed by atoms with Crippen molar-refractivity contribution in [2.75, 3.05) is 13.2 Å². The smallest absolute Gasteiger partial charge is 0.157 e. The van der Waals surface area contributed by atoms with Crippen molar-refractivity contribution in [3.05, 3.63) is 12.2 Å². The summed E-state index contributed by atoms with van der Waals surface area (Å²) in [4.78, 5) is 0. The van der Waals surface area contributed by atoms with Crippen LogP contribution in [0, 0.1) is 29.6 Å². The summed E-state index contributed by atoms with van der Waals surface area (Å²) in [5.41, 5.74) is 0. The Kier molecular flexibility index (Phi) is 8.52. The van der Waals surface area contributed by atoms with Gasteiger partial charge in [0.2, 0.25) is 0 Å². The predicted molar refractivity (Wildman–Crippen MR) is 109 cm³/mol. The first kappa shape index (κ1) is 20.4. The number of hydrogen-bond donors (Lipinski definition) is 0. The Balaban J connectivity index is 1.33. The Labute approximate surface area is 162 Å². The Bertz CT molecular complexity index is 394. The van der Waals surface area contributed by atoms with E-state index in [1.54, 1.807) is 0 Å². The monoisotopic (exact) mass is 362 g/mol. The molecule has 1 saturated heterocycles. The second kappa shape index (κ2) is 10.9. The van der Waals surface area contributed by atoms with Gasteiger partial charge in [-0.05, 0) is 75.5 Å². The lowest BCUT2D eigenvalue weighted by Gasteiger charge is -2.41. The summed E-state index contributed by atoms with van der Waals surface area (Å²) < 4.78 is 12.0. The van der Waals surface area contributed by atoms with Crippen LogP contribution in [0.3, 0.4) is 0 Å². The van der Waals surface area contributed by atoms with Gasteiger partial charge in [-0.3, -0.25) is 0 Å². The summed E-state index contributed by atoms with van der Waals surface area (Å²) in [7, 11) is 0. The fourth-order valence-electron chi connectivity index (χ4n) is 5.84. The van der Waals surface area contributed by atoms with Crippen LogP contribution in [-0.2, 0) is 9.47 Å². The summed E-state index contributed by atoms with van der Waals surface area (Å²) in [5.74, 6) is 4.60. The van der Waals surface area contributed by atoms with Gasteiger partial charge in [-0.1, -0.05) is 44.8 Å². The van der Waals surface area contributed by atoms with Crippen molar-refractivity contribution in [2.24, 2.45) is 29.6 Å². The predicted octanol–water partition coefficient (Wildman–Crippen LogP) is 6.74. The lowest BCUT2D eigenvalue weighted by atomic mass is 9.67. The zero-order valence-corrected chi connectivity index (χ0v) is 17.3. The minimum atomic E-state index is 0.0390. The van der Waals surface area contributed by atoms with Gasteiger partial charge in [0.25, 0.3) is 0 Å². The van der Waals surface area contributed by atoms with E-state index in [9.17, 15) is 0 Å². The molecular formula is C24H42O2. The number of allylic oxidation sites excluding steroid dienone is 2. The summed E-state index contributed by atoms with van der Waals surface area (Å²) in [5, 5.41) is 0. The average Bonchev–Trinajstić information content (AvgIpc) is 2.70. The Hall–Kier alpha value is -0.340. The molecular weight excluding hydrogens is 320 g/mol. The molecule has 0 N–H and O–H groups in total. The molecule has 0 aromatic rings. The number of hydrogen-bond acceptors (Lipinski definition) is 2. The zero-order valence-electron chi connectivity index (χ0n) is 17.3. The minimum absolute atomic E-state index is 0.0390. The fraction of sp³-hybridized carbons (Fsp3) is 0.917. The molecule has 0 spiro atoms. The highest BCUT2D eigenvalue weighted by molar-refractivity contribution is 4.85. The Morgan fingerprint density at radius 2 is 1.27 bits per heavy atom. The van der Waals surface area contributed by atoms with Crippen molar-refractivity contribution in [3.63, 3.8) is 0 Å². The first-order valence-corrected chi connectivity index (χ1v) is 11.6. The SMILES string of the molecule is C/C=C/CCC1OCC(C2CCC([C@H]3CC[C@H](CCC)CC3)CC2)CO1. The lowest BCUT2D eigenvalue weighted by Crippen LogP contribution is -2.38. The van der Waals surface area contributed by atoms with E-state index in [1.165, 1.54) is 64.2 Å². The molecule has 1 aliphatic heterocycles. The van der Waals surface area contributed by atoms with Crippen LogP contribution >= 0.6 is 0 Å². The van der Waals surface area contributed by atoms with Gasteiger partial charge < -0.3 is 9.47 Å². The molecule has 1 heterocycles. The largest absolute Gasteiger partial charge is 0.352 e. The fourth-order valence-corrected chi connectivity index (χ4v) is 5.84. The molecule has 0 radical (unpaired) electrons. The van der Waals surface area contributed by atoms with Crippen molar-refractivity contribution in [2.45, 2.75) is 97.2 Å². The van der Waals surface area contributed by atoms with Crippen LogP contribution in [0.5, 0.6) is 0 Å². The summed E-state index contributed by atoms with van der Waals surface area (Å²) in [6, 6.07) is 0. The summed E-state index contributed by atoms with van der Waals surface area (Å²) >= 11 is 0. The van der Waals surface area contributed by atoms with Crippen LogP contribution < -0.4 is 0 Å². The van der Waals surface area contributed by atoms with Crippen LogP contribution in [-0.4, -0.2) is 19.5 Å². The maximum atomic E-state index is 6.01. The highest BCUT2D eigenvalue weighted by Crippen LogP contribution is 2.44. The molecule has 150 valence electrons. The van der Waals surface area contributed by atoms with Gasteiger partial charge in [0.1, 0.15) is 0 Å². The van der Waals surface area contributed by atoms with E-state index in [0.29, 0.717) is 5.92 Å². The highest BCUT2D eigenvalue weighted by Gasteiger charge is 2.35. The molecule has 2 aliphatic carbocycles. The van der Waals surface area contributed by atoms with Crippen LogP contribution in [0.1, 0.15) is 90.9 Å². The molecule has 0 aromatic heterocycles. The Morgan fingerprint density at radius 1 is 0.731 bits per heavy atom. The van der Waals surface area contributed by atoms with Crippen LogP contribution in [0.15, 0.2) is 12.2 Å². The second-order valence-electron chi connectivity index (χ2n) is 9.25. The van der Waals surface area contributed by atoms with Crippen molar-refractivity contribution in [1.82, 2.24) is 0 Å². The summed E-state index contributed by atoms with van der Waals surface area (Å²) in [6.07, 6.45) is 21.1. The molecule has 26 heavy (non-hydrogen) atoms. The normalized spacial score (nSPS) is 39.3. The molecule has 2 nitrogen and oxygen atoms in total. The molecule has 0 unspecified atom stereocenters. The summed E-state index contributed by atoms with van der Waals surface area (Å²) in [6.45, 7) is 6.28. The molecule has 3 fully saturated rings. The topological polar surface area (TPSA) is 18.5 Å². The average molecular weight is 363 g/mol. The van der Waals surface area contributed by atoms with E-state index < -0.39 is 0 Å². The molecule has 2 heteroatoms. The van der Waals surface area contributed by atoms with E-state index in [2.05, 4.69) is 26.0 Å². The van der Waals surface area contributed by atoms with E-state index in [4.69, 9.17) is 9.47 Å². The van der Waals surface area contributed by atoms with E-state index in [0.717, 1.165) is 49.7 Å². The lowest BCUT2D eigenvalue weighted by molar-refractivity contribution is -0.212. The maximum absolute atomic E-state index is 6.01. The van der Waals surface area contributed by atoms with E-state index >= 15 is 0 Å². The van der Waals surface area contributed by atoms with Gasteiger partial charge in [-0.2, -0.15) is 0 Å². The first-order valence-electron chi connectivity index (χ1n) is 11.6. The third-order valence-corrected chi connectivity index (χ3v) is 7.54. The maximum Gasteiger partial charge on any atom is 0.157 e. The quantitative estimate of drug-likeness (QED) is 0.467. The van der Waals surface area contributed by atoms with E-state index in [-0.39, 0.29) is 6.29 Å². The Morgan fingerprint density at radius 3 is 1.81 bits per heavy atom. The molecule has 0 amide bonds. The van der Waals surface area contributed by atoms with Crippen molar-refractivity contribution in [1.29, 1.82) is 0 Å². The van der Waals surface area contributed by atoms with Crippen molar-refractivity contribution >= 4 is 0 Å². The van der Waals surface area contributed by atoms with Gasteiger partial charge in [-0.25, -0.2) is 0 Å². The van der Waals surface area contributed by atoms with Gasteiger partial charge in [0.15, 0.2) is 6.29 Å². The van der Waals surface area contributed by atoms with Crippen LogP contribution in [0.25, 0.3) is 0 Å². The standard InChI is InChI=1S/C24H42O2/c1-3-5-6-8-24-25-17-23(18-26-24)22-15-13-21(14-16-22)20-11-9-19(7-4-2)10-12-20/h3,5,19-24H,4,6-18H2,1-2H3/b5-3+/t19-,20-,21?,22?,23?,24?. The molecule has 3 rings (SSSR count). The van der Waals surface area contributed by atoms with Crippen LogP contribution in [0.2, 0.25) is 0 Å². The molecule has 0 aromatic carbocycles. The van der Waals surface area contributed by atoms with Crippen molar-refractivity contribution < 1.29 is 9.47 Å². The third-order valence-electron chi connectivity index (χ3n) is 7.54. The first-order chi connectivity index (χ1) is 12.8. The molecule has 0 bridgehead atoms. The number of ether oxygens (including phenoxy) is 2. The van der Waals surface area contributed by atoms with E-state index in [1.807, 2.05) is 0 Å². The van der Waals surface area contributed by atoms with Gasteiger partial charge in [0, 0.05) is 12.3 Å². The molecule has 0 atom stereocenters.